The molecule has 4 rings (SSSR count). The van der Waals surface area contributed by atoms with Gasteiger partial charge < -0.3 is 19.7 Å². The number of benzene rings is 4. The van der Waals surface area contributed by atoms with Gasteiger partial charge in [0.25, 0.3) is 10.0 Å². The van der Waals surface area contributed by atoms with Crippen molar-refractivity contribution < 1.29 is 27.5 Å². The third-order valence-corrected chi connectivity index (χ3v) is 9.54. The summed E-state index contributed by atoms with van der Waals surface area (Å²) in [6.45, 7) is 5.47. The summed E-state index contributed by atoms with van der Waals surface area (Å²) in [5.74, 6) is -0.274. The highest BCUT2D eigenvalue weighted by molar-refractivity contribution is 7.92. The van der Waals surface area contributed by atoms with Crippen LogP contribution in [0.25, 0.3) is 0 Å². The van der Waals surface area contributed by atoms with E-state index in [0.717, 1.165) is 26.6 Å². The smallest absolute Gasteiger partial charge is 0.264 e. The number of anilines is 1. The van der Waals surface area contributed by atoms with Crippen molar-refractivity contribution in [1.29, 1.82) is 0 Å². The summed E-state index contributed by atoms with van der Waals surface area (Å²) in [6.07, 6.45) is 0.234. The van der Waals surface area contributed by atoms with Crippen LogP contribution in [0.2, 0.25) is 0 Å². The molecule has 0 aromatic heterocycles. The fourth-order valence-electron chi connectivity index (χ4n) is 5.16. The van der Waals surface area contributed by atoms with Crippen LogP contribution in [0.4, 0.5) is 5.69 Å². The first-order valence-electron chi connectivity index (χ1n) is 15.1. The first-order chi connectivity index (χ1) is 22.1. The average Bonchev–Trinajstić information content (AvgIpc) is 3.06. The van der Waals surface area contributed by atoms with Crippen LogP contribution >= 0.6 is 0 Å². The number of nitrogens with zero attached hydrogens (tertiary/aromatic N) is 2. The number of sulfonamides is 1. The molecule has 0 bridgehead atoms. The van der Waals surface area contributed by atoms with Crippen LogP contribution in [-0.2, 0) is 32.6 Å². The van der Waals surface area contributed by atoms with Gasteiger partial charge in [0.1, 0.15) is 24.1 Å². The van der Waals surface area contributed by atoms with E-state index in [4.69, 9.17) is 9.47 Å². The van der Waals surface area contributed by atoms with Gasteiger partial charge in [0.2, 0.25) is 11.8 Å². The van der Waals surface area contributed by atoms with Crippen molar-refractivity contribution in [1.82, 2.24) is 10.2 Å². The number of hydrogen-bond acceptors (Lipinski definition) is 6. The zero-order valence-corrected chi connectivity index (χ0v) is 27.7. The number of likely N-dealkylation sites (N-methyl/N-ethyl adjacent to an activating group) is 1. The fraction of sp³-hybridized carbons (Fsp3) is 0.278. The average molecular weight is 644 g/mol. The van der Waals surface area contributed by atoms with Crippen molar-refractivity contribution >= 4 is 27.5 Å². The van der Waals surface area contributed by atoms with E-state index in [9.17, 15) is 18.0 Å². The molecule has 0 saturated carbocycles. The molecular weight excluding hydrogens is 602 g/mol. The lowest BCUT2D eigenvalue weighted by Gasteiger charge is -2.34. The Hall–Kier alpha value is -4.83. The highest BCUT2D eigenvalue weighted by atomic mass is 32.2. The fourth-order valence-corrected chi connectivity index (χ4v) is 6.58. The second-order valence-corrected chi connectivity index (χ2v) is 12.8. The third kappa shape index (κ3) is 8.06. The van der Waals surface area contributed by atoms with Crippen molar-refractivity contribution in [2.45, 2.75) is 44.7 Å². The van der Waals surface area contributed by atoms with E-state index in [0.29, 0.717) is 12.3 Å². The number of ether oxygens (including phenoxy) is 2. The molecule has 1 unspecified atom stereocenters. The highest BCUT2D eigenvalue weighted by Gasteiger charge is 2.35. The van der Waals surface area contributed by atoms with Crippen LogP contribution in [0.1, 0.15) is 29.2 Å². The summed E-state index contributed by atoms with van der Waals surface area (Å²) >= 11 is 0. The largest absolute Gasteiger partial charge is 0.497 e. The van der Waals surface area contributed by atoms with Crippen LogP contribution < -0.4 is 19.1 Å². The van der Waals surface area contributed by atoms with E-state index >= 15 is 0 Å². The van der Waals surface area contributed by atoms with E-state index < -0.39 is 28.5 Å². The minimum Gasteiger partial charge on any atom is -0.497 e. The van der Waals surface area contributed by atoms with Crippen molar-refractivity contribution in [2.75, 3.05) is 31.6 Å². The molecule has 9 nitrogen and oxygen atoms in total. The molecule has 2 amide bonds. The van der Waals surface area contributed by atoms with Gasteiger partial charge in [0.05, 0.1) is 24.8 Å². The third-order valence-electron chi connectivity index (χ3n) is 7.77. The molecule has 0 aliphatic carbocycles. The van der Waals surface area contributed by atoms with Crippen LogP contribution in [-0.4, -0.2) is 58.5 Å². The molecule has 0 saturated heterocycles. The van der Waals surface area contributed by atoms with Crippen molar-refractivity contribution in [3.05, 3.63) is 119 Å². The zero-order valence-electron chi connectivity index (χ0n) is 26.9. The highest BCUT2D eigenvalue weighted by Crippen LogP contribution is 2.36. The number of aryl methyl sites for hydroxylation is 2. The van der Waals surface area contributed by atoms with Gasteiger partial charge in [-0.1, -0.05) is 72.3 Å². The SMILES string of the molecule is CCNC(=O)C(Cc1ccccc1)N(Cc1ccccc1C)C(=O)CN(c1cc(OC)ccc1OC)S(=O)(=O)c1ccc(C)cc1. The van der Waals surface area contributed by atoms with Gasteiger partial charge in [-0.15, -0.1) is 0 Å². The van der Waals surface area contributed by atoms with Crippen molar-refractivity contribution in [3.63, 3.8) is 0 Å². The maximum Gasteiger partial charge on any atom is 0.264 e. The topological polar surface area (TPSA) is 105 Å². The van der Waals surface area contributed by atoms with E-state index in [1.807, 2.05) is 75.4 Å². The molecule has 0 spiro atoms. The summed E-state index contributed by atoms with van der Waals surface area (Å²) in [4.78, 5) is 29.8. The normalized spacial score (nSPS) is 11.8. The second-order valence-electron chi connectivity index (χ2n) is 10.9. The molecule has 46 heavy (non-hydrogen) atoms. The first-order valence-corrected chi connectivity index (χ1v) is 16.5. The molecule has 10 heteroatoms. The zero-order chi connectivity index (χ0) is 33.3. The minimum absolute atomic E-state index is 0.00536. The van der Waals surface area contributed by atoms with Gasteiger partial charge >= 0.3 is 0 Å². The van der Waals surface area contributed by atoms with Crippen LogP contribution in [0.3, 0.4) is 0 Å². The Morgan fingerprint density at radius 2 is 1.52 bits per heavy atom. The van der Waals surface area contributed by atoms with Crippen LogP contribution in [0.15, 0.2) is 102 Å². The molecule has 0 aliphatic heterocycles. The Morgan fingerprint density at radius 1 is 0.848 bits per heavy atom. The summed E-state index contributed by atoms with van der Waals surface area (Å²) in [6, 6.07) is 27.3. The number of rotatable bonds is 14. The number of nitrogens with one attached hydrogen (secondary N) is 1. The predicted molar refractivity (Wildman–Crippen MR) is 180 cm³/mol. The van der Waals surface area contributed by atoms with Crippen LogP contribution in [0, 0.1) is 13.8 Å². The molecular formula is C36H41N3O6S. The summed E-state index contributed by atoms with van der Waals surface area (Å²) in [7, 11) is -1.40. The van der Waals surface area contributed by atoms with E-state index in [2.05, 4.69) is 5.32 Å². The number of carbonyl (C=O) groups is 2. The quantitative estimate of drug-likeness (QED) is 0.200. The van der Waals surface area contributed by atoms with Gasteiger partial charge in [0, 0.05) is 25.6 Å². The van der Waals surface area contributed by atoms with Crippen molar-refractivity contribution in [3.8, 4) is 11.5 Å². The molecule has 4 aromatic carbocycles. The Bertz CT molecular complexity index is 1740. The maximum absolute atomic E-state index is 14.6. The van der Waals surface area contributed by atoms with Gasteiger partial charge in [-0.05, 0) is 61.7 Å². The molecule has 1 N–H and O–H groups in total. The van der Waals surface area contributed by atoms with Gasteiger partial charge in [-0.25, -0.2) is 8.42 Å². The number of amides is 2. The standard InChI is InChI=1S/C36H41N3O6S/c1-6-37-36(41)33(22-28-13-8-7-9-14-28)38(24-29-15-11-10-12-27(29)3)35(40)25-39(32-23-30(44-4)18-21-34(32)45-5)46(42,43)31-19-16-26(2)17-20-31/h7-21,23,33H,6,22,24-25H2,1-5H3,(H,37,41). The Labute approximate surface area is 271 Å². The summed E-state index contributed by atoms with van der Waals surface area (Å²) in [5, 5.41) is 2.88. The van der Waals surface area contributed by atoms with Crippen molar-refractivity contribution in [2.24, 2.45) is 0 Å². The lowest BCUT2D eigenvalue weighted by Crippen LogP contribution is -2.53. The van der Waals surface area contributed by atoms with E-state index in [1.54, 1.807) is 24.3 Å². The van der Waals surface area contributed by atoms with Crippen LogP contribution in [0.5, 0.6) is 11.5 Å². The first kappa shape index (κ1) is 34.1. The molecule has 4 aromatic rings. The Balaban J connectivity index is 1.87. The number of hydrogen-bond donors (Lipinski definition) is 1. The molecule has 0 aliphatic rings. The van der Waals surface area contributed by atoms with Gasteiger partial charge in [-0.3, -0.25) is 13.9 Å². The Morgan fingerprint density at radius 3 is 2.15 bits per heavy atom. The molecule has 0 heterocycles. The number of methoxy groups -OCH3 is 2. The minimum atomic E-state index is -4.30. The van der Waals surface area contributed by atoms with E-state index in [1.165, 1.54) is 37.3 Å². The molecule has 1 atom stereocenters. The van der Waals surface area contributed by atoms with Gasteiger partial charge in [-0.2, -0.15) is 0 Å². The maximum atomic E-state index is 14.6. The molecule has 0 fully saturated rings. The predicted octanol–water partition coefficient (Wildman–Crippen LogP) is 5.29. The lowest BCUT2D eigenvalue weighted by atomic mass is 10.0. The Kier molecular flexibility index (Phi) is 11.4. The van der Waals surface area contributed by atoms with E-state index in [-0.39, 0.29) is 35.2 Å². The summed E-state index contributed by atoms with van der Waals surface area (Å²) in [5.41, 5.74) is 3.65. The second kappa shape index (κ2) is 15.4. The number of carbonyl (C=O) groups excluding carboxylic acids is 2. The summed E-state index contributed by atoms with van der Waals surface area (Å²) < 4.78 is 40.7. The molecule has 0 radical (unpaired) electrons. The van der Waals surface area contributed by atoms with Gasteiger partial charge in [0.15, 0.2) is 0 Å². The monoisotopic (exact) mass is 643 g/mol. The lowest BCUT2D eigenvalue weighted by molar-refractivity contribution is -0.140. The molecule has 242 valence electrons.